The molecule has 0 saturated carbocycles. The monoisotopic (exact) mass is 226 g/mol. The highest BCUT2D eigenvalue weighted by molar-refractivity contribution is 8.04. The van der Waals surface area contributed by atoms with Crippen LogP contribution < -0.4 is 0 Å². The molecular weight excluding hydrogens is 221 g/mol. The minimum Gasteiger partial charge on any atom is -0.0761 e. The van der Waals surface area contributed by atoms with Gasteiger partial charge in [0.25, 0.3) is 0 Å². The predicted molar refractivity (Wildman–Crippen MR) is 52.0 cm³/mol. The molecule has 0 aliphatic carbocycles. The first-order valence-corrected chi connectivity index (χ1v) is 18.8. The quantitative estimate of drug-likeness (QED) is 0.503. The van der Waals surface area contributed by atoms with E-state index in [-0.39, 0.29) is 0 Å². The van der Waals surface area contributed by atoms with Gasteiger partial charge in [-0.3, -0.25) is 0 Å². The first-order valence-electron chi connectivity index (χ1n) is 2.75. The molecule has 0 aromatic heterocycles. The summed E-state index contributed by atoms with van der Waals surface area (Å²) in [6, 6.07) is 0. The van der Waals surface area contributed by atoms with Crippen LogP contribution in [-0.4, -0.2) is 58.4 Å². The maximum atomic E-state index is 2.46. The van der Waals surface area contributed by atoms with E-state index in [0.29, 0.717) is 0 Å². The lowest BCUT2D eigenvalue weighted by molar-refractivity contribution is 2.33. The van der Waals surface area contributed by atoms with Gasteiger partial charge in [-0.05, 0) is 0 Å². The zero-order valence-electron chi connectivity index (χ0n) is 5.50. The molecule has 0 amide bonds. The summed E-state index contributed by atoms with van der Waals surface area (Å²) in [6.07, 6.45) is -0.444. The molecule has 0 aromatic rings. The first-order chi connectivity index (χ1) is 4.33. The zero-order chi connectivity index (χ0) is 6.74. The first kappa shape index (κ1) is 8.61. The summed E-state index contributed by atoms with van der Waals surface area (Å²) in [6.45, 7) is 4.92. The predicted octanol–water partition coefficient (Wildman–Crippen LogP) is -1.50. The second-order valence-corrected chi connectivity index (χ2v) is 38.2. The molecule has 0 nitrogen and oxygen atoms in total. The zero-order valence-corrected chi connectivity index (χ0v) is 12.5. The van der Waals surface area contributed by atoms with E-state index in [1.807, 2.05) is 0 Å². The molecule has 0 unspecified atom stereocenters. The van der Waals surface area contributed by atoms with Crippen molar-refractivity contribution in [2.75, 3.05) is 0 Å². The van der Waals surface area contributed by atoms with Gasteiger partial charge in [-0.1, -0.05) is 13.1 Å². The molecule has 0 N–H and O–H groups in total. The van der Waals surface area contributed by atoms with Crippen molar-refractivity contribution in [2.24, 2.45) is 0 Å². The molecule has 42 valence electrons. The molecule has 7 heteroatoms. The van der Waals surface area contributed by atoms with Crippen LogP contribution in [0.1, 0.15) is 0 Å². The normalized spacial score (nSPS) is 24.7. The SMILES string of the molecule is C[Si][Si]1([Si]C)[Si][Si][Si][Si]1. The summed E-state index contributed by atoms with van der Waals surface area (Å²) in [5.74, 6) is 0. The second kappa shape index (κ2) is 3.78. The molecule has 1 aliphatic rings. The fourth-order valence-corrected chi connectivity index (χ4v) is 92.0. The van der Waals surface area contributed by atoms with Crippen molar-refractivity contribution >= 4 is 58.4 Å². The van der Waals surface area contributed by atoms with Crippen LogP contribution in [0.2, 0.25) is 13.1 Å². The fraction of sp³-hybridized carbons (Fsp3) is 1.00. The Morgan fingerprint density at radius 3 is 1.67 bits per heavy atom. The maximum Gasteiger partial charge on any atom is 0.0148 e. The van der Waals surface area contributed by atoms with Crippen LogP contribution in [0.25, 0.3) is 0 Å². The molecule has 1 fully saturated rings. The lowest BCUT2D eigenvalue weighted by Gasteiger charge is -2.20. The largest absolute Gasteiger partial charge is 0.0761 e. The van der Waals surface area contributed by atoms with Crippen LogP contribution in [0.3, 0.4) is 0 Å². The smallest absolute Gasteiger partial charge is 0.0148 e. The topological polar surface area (TPSA) is 0 Å². The van der Waals surface area contributed by atoms with E-state index < -0.39 is 6.14 Å². The molecule has 1 saturated heterocycles. The highest BCUT2D eigenvalue weighted by Gasteiger charge is 2.33. The van der Waals surface area contributed by atoms with Crippen LogP contribution in [-0.2, 0) is 0 Å². The Balaban J connectivity index is 2.45. The number of hydrogen-bond acceptors (Lipinski definition) is 0. The Hall–Kier alpha value is 1.52. The fourth-order valence-electron chi connectivity index (χ4n) is 0.656. The molecule has 1 aliphatic heterocycles. The van der Waals surface area contributed by atoms with Crippen molar-refractivity contribution in [3.8, 4) is 0 Å². The Morgan fingerprint density at radius 2 is 1.44 bits per heavy atom. The van der Waals surface area contributed by atoms with Crippen LogP contribution in [0, 0.1) is 0 Å². The van der Waals surface area contributed by atoms with E-state index in [9.17, 15) is 0 Å². The molecule has 12 radical (unpaired) electrons. The Kier molecular flexibility index (Phi) is 3.62. The third-order valence-corrected chi connectivity index (χ3v) is 65.8. The van der Waals surface area contributed by atoms with Gasteiger partial charge in [0.2, 0.25) is 0 Å². The van der Waals surface area contributed by atoms with E-state index in [1.165, 1.54) is 52.3 Å². The Labute approximate surface area is 71.4 Å². The Bertz CT molecular complexity index is 78.9. The summed E-state index contributed by atoms with van der Waals surface area (Å²) >= 11 is 0. The second-order valence-electron chi connectivity index (χ2n) is 1.75. The van der Waals surface area contributed by atoms with Crippen LogP contribution in [0.4, 0.5) is 0 Å². The van der Waals surface area contributed by atoms with Crippen molar-refractivity contribution in [1.29, 1.82) is 0 Å². The van der Waals surface area contributed by atoms with Gasteiger partial charge in [0.15, 0.2) is 0 Å². The van der Waals surface area contributed by atoms with Gasteiger partial charge in [-0.15, -0.1) is 0 Å². The van der Waals surface area contributed by atoms with Crippen LogP contribution in [0.5, 0.6) is 0 Å². The van der Waals surface area contributed by atoms with Crippen LogP contribution in [0.15, 0.2) is 0 Å². The molecule has 9 heavy (non-hydrogen) atoms. The summed E-state index contributed by atoms with van der Waals surface area (Å²) in [4.78, 5) is 0. The van der Waals surface area contributed by atoms with Gasteiger partial charge >= 0.3 is 0 Å². The van der Waals surface area contributed by atoms with Crippen molar-refractivity contribution in [3.63, 3.8) is 0 Å². The molecule has 0 bridgehead atoms. The van der Waals surface area contributed by atoms with E-state index in [4.69, 9.17) is 0 Å². The summed E-state index contributed by atoms with van der Waals surface area (Å²) < 4.78 is 0. The van der Waals surface area contributed by atoms with E-state index in [1.54, 1.807) is 0 Å². The summed E-state index contributed by atoms with van der Waals surface area (Å²) in [5, 5.41) is 0. The average Bonchev–Trinajstić information content (AvgIpc) is 2.36. The molecule has 0 spiro atoms. The summed E-state index contributed by atoms with van der Waals surface area (Å²) in [5.41, 5.74) is 0. The van der Waals surface area contributed by atoms with Gasteiger partial charge in [-0.2, -0.15) is 0 Å². The van der Waals surface area contributed by atoms with E-state index >= 15 is 0 Å². The van der Waals surface area contributed by atoms with Crippen LogP contribution >= 0.6 is 0 Å². The highest BCUT2D eigenvalue weighted by Crippen LogP contribution is 1.98. The van der Waals surface area contributed by atoms with Gasteiger partial charge in [0.05, 0.1) is 0 Å². The molecule has 0 aromatic carbocycles. The highest BCUT2D eigenvalue weighted by atomic mass is 30.4. The molecule has 1 heterocycles. The van der Waals surface area contributed by atoms with Crippen molar-refractivity contribution < 1.29 is 0 Å². The van der Waals surface area contributed by atoms with Gasteiger partial charge in [0.1, 0.15) is 0 Å². The maximum absolute atomic E-state index is 2.46. The third-order valence-electron chi connectivity index (χ3n) is 1.31. The standard InChI is InChI=1S/C2H6Si7/c1-3-9(4-2)7-5-6-8-9/h1-2H3. The lowest BCUT2D eigenvalue weighted by Crippen LogP contribution is -2.56. The lowest BCUT2D eigenvalue weighted by atomic mass is 11.9. The third kappa shape index (κ3) is 1.97. The van der Waals surface area contributed by atoms with E-state index in [2.05, 4.69) is 13.1 Å². The van der Waals surface area contributed by atoms with E-state index in [0.717, 1.165) is 0 Å². The molecule has 1 rings (SSSR count). The van der Waals surface area contributed by atoms with Crippen molar-refractivity contribution in [2.45, 2.75) is 13.1 Å². The van der Waals surface area contributed by atoms with Gasteiger partial charge < -0.3 is 0 Å². The Morgan fingerprint density at radius 1 is 1.00 bits per heavy atom. The average molecular weight is 227 g/mol. The van der Waals surface area contributed by atoms with Gasteiger partial charge in [0, 0.05) is 58.4 Å². The van der Waals surface area contributed by atoms with Gasteiger partial charge in [-0.25, -0.2) is 0 Å². The number of hydrogen-bond donors (Lipinski definition) is 0. The molecular formula is C2H6Si7. The molecule has 0 atom stereocenters. The minimum atomic E-state index is -0.444. The summed E-state index contributed by atoms with van der Waals surface area (Å²) in [7, 11) is 8.55. The minimum absolute atomic E-state index is 0.444. The van der Waals surface area contributed by atoms with Crippen molar-refractivity contribution in [3.05, 3.63) is 0 Å². The van der Waals surface area contributed by atoms with Crippen molar-refractivity contribution in [1.82, 2.24) is 0 Å². The number of rotatable bonds is 2.